The Kier molecular flexibility index (Phi) is 5.51. The second kappa shape index (κ2) is 7.16. The summed E-state index contributed by atoms with van der Waals surface area (Å²) in [6, 6.07) is 11.7. The van der Waals surface area contributed by atoms with Crippen LogP contribution in [0, 0.1) is 0 Å². The molecule has 1 atom stereocenters. The third-order valence-corrected chi connectivity index (χ3v) is 4.49. The highest BCUT2D eigenvalue weighted by Crippen LogP contribution is 2.32. The first-order valence-electron chi connectivity index (χ1n) is 6.44. The number of methoxy groups -OCH3 is 2. The summed E-state index contributed by atoms with van der Waals surface area (Å²) in [5.41, 5.74) is 2.16. The quantitative estimate of drug-likeness (QED) is 0.844. The maximum absolute atomic E-state index is 6.06. The van der Waals surface area contributed by atoms with Crippen LogP contribution in [0.15, 0.2) is 40.9 Å². The summed E-state index contributed by atoms with van der Waals surface area (Å²) in [5.74, 6) is 1.52. The van der Waals surface area contributed by atoms with Crippen LogP contribution in [0.1, 0.15) is 17.2 Å². The van der Waals surface area contributed by atoms with Gasteiger partial charge < -0.3 is 14.8 Å². The summed E-state index contributed by atoms with van der Waals surface area (Å²) in [6.45, 7) is 0. The lowest BCUT2D eigenvalue weighted by Gasteiger charge is -2.19. The van der Waals surface area contributed by atoms with Crippen LogP contribution in [0.4, 0.5) is 0 Å². The van der Waals surface area contributed by atoms with E-state index in [4.69, 9.17) is 21.1 Å². The maximum atomic E-state index is 6.06. The maximum Gasteiger partial charge on any atom is 0.122 e. The summed E-state index contributed by atoms with van der Waals surface area (Å²) in [5, 5.41) is 4.00. The number of benzene rings is 2. The fourth-order valence-electron chi connectivity index (χ4n) is 2.21. The first-order chi connectivity index (χ1) is 10.1. The summed E-state index contributed by atoms with van der Waals surface area (Å²) >= 11 is 9.53. The molecule has 0 fully saturated rings. The average Bonchev–Trinajstić information content (AvgIpc) is 2.51. The second-order valence-electron chi connectivity index (χ2n) is 4.54. The average molecular weight is 371 g/mol. The van der Waals surface area contributed by atoms with E-state index in [1.54, 1.807) is 14.2 Å². The van der Waals surface area contributed by atoms with Gasteiger partial charge in [0.15, 0.2) is 0 Å². The van der Waals surface area contributed by atoms with Gasteiger partial charge in [-0.15, -0.1) is 0 Å². The molecule has 1 unspecified atom stereocenters. The Morgan fingerprint density at radius 1 is 1.00 bits per heavy atom. The molecule has 1 N–H and O–H groups in total. The molecule has 112 valence electrons. The number of hydrogen-bond acceptors (Lipinski definition) is 3. The molecule has 21 heavy (non-hydrogen) atoms. The Labute approximate surface area is 138 Å². The van der Waals surface area contributed by atoms with Crippen LogP contribution in [-0.2, 0) is 0 Å². The van der Waals surface area contributed by atoms with Gasteiger partial charge in [-0.05, 0) is 58.4 Å². The number of hydrogen-bond donors (Lipinski definition) is 1. The Balaban J connectivity index is 2.47. The monoisotopic (exact) mass is 369 g/mol. The van der Waals surface area contributed by atoms with Crippen LogP contribution < -0.4 is 14.8 Å². The predicted octanol–water partition coefficient (Wildman–Crippen LogP) is 4.43. The highest BCUT2D eigenvalue weighted by atomic mass is 79.9. The molecule has 0 saturated carbocycles. The van der Waals surface area contributed by atoms with Crippen molar-refractivity contribution in [3.63, 3.8) is 0 Å². The van der Waals surface area contributed by atoms with E-state index in [9.17, 15) is 0 Å². The molecule has 0 radical (unpaired) electrons. The van der Waals surface area contributed by atoms with Gasteiger partial charge in [-0.1, -0.05) is 17.7 Å². The number of nitrogens with one attached hydrogen (secondary N) is 1. The van der Waals surface area contributed by atoms with Crippen molar-refractivity contribution in [1.29, 1.82) is 0 Å². The predicted molar refractivity (Wildman–Crippen MR) is 89.6 cm³/mol. The minimum atomic E-state index is 0.0163. The van der Waals surface area contributed by atoms with Crippen molar-refractivity contribution >= 4 is 27.5 Å². The van der Waals surface area contributed by atoms with E-state index in [1.807, 2.05) is 43.4 Å². The smallest absolute Gasteiger partial charge is 0.122 e. The first kappa shape index (κ1) is 16.1. The van der Waals surface area contributed by atoms with Crippen LogP contribution in [0.3, 0.4) is 0 Å². The van der Waals surface area contributed by atoms with Crippen LogP contribution >= 0.6 is 27.5 Å². The summed E-state index contributed by atoms with van der Waals surface area (Å²) in [7, 11) is 5.21. The van der Waals surface area contributed by atoms with Gasteiger partial charge in [0, 0.05) is 10.5 Å². The molecule has 0 amide bonds. The first-order valence-corrected chi connectivity index (χ1v) is 7.61. The van der Waals surface area contributed by atoms with Crippen molar-refractivity contribution in [1.82, 2.24) is 5.32 Å². The molecule has 2 aromatic rings. The zero-order valence-corrected chi connectivity index (χ0v) is 14.5. The lowest BCUT2D eigenvalue weighted by atomic mass is 9.98. The Bertz CT molecular complexity index is 611. The van der Waals surface area contributed by atoms with Gasteiger partial charge in [0.2, 0.25) is 0 Å². The zero-order valence-electron chi connectivity index (χ0n) is 12.1. The normalized spacial score (nSPS) is 12.0. The largest absolute Gasteiger partial charge is 0.497 e. The molecule has 2 aromatic carbocycles. The van der Waals surface area contributed by atoms with Crippen LogP contribution in [0.2, 0.25) is 5.02 Å². The summed E-state index contributed by atoms with van der Waals surface area (Å²) in [4.78, 5) is 0. The van der Waals surface area contributed by atoms with Gasteiger partial charge in [0.1, 0.15) is 11.5 Å². The van der Waals surface area contributed by atoms with Crippen LogP contribution in [0.25, 0.3) is 0 Å². The van der Waals surface area contributed by atoms with E-state index in [2.05, 4.69) is 21.2 Å². The molecule has 2 rings (SSSR count). The van der Waals surface area contributed by atoms with Gasteiger partial charge in [0.25, 0.3) is 0 Å². The van der Waals surface area contributed by atoms with Crippen LogP contribution in [-0.4, -0.2) is 21.3 Å². The molecular weight excluding hydrogens is 354 g/mol. The number of rotatable bonds is 5. The van der Waals surface area contributed by atoms with Gasteiger partial charge in [-0.3, -0.25) is 0 Å². The van der Waals surface area contributed by atoms with Crippen molar-refractivity contribution in [2.75, 3.05) is 21.3 Å². The van der Waals surface area contributed by atoms with E-state index in [1.165, 1.54) is 0 Å². The van der Waals surface area contributed by atoms with Gasteiger partial charge in [0.05, 0.1) is 25.3 Å². The minimum absolute atomic E-state index is 0.0163. The van der Waals surface area contributed by atoms with Crippen LogP contribution in [0.5, 0.6) is 11.5 Å². The zero-order chi connectivity index (χ0) is 15.4. The van der Waals surface area contributed by atoms with Crippen molar-refractivity contribution in [3.8, 4) is 11.5 Å². The fraction of sp³-hybridized carbons (Fsp3) is 0.250. The van der Waals surface area contributed by atoms with Gasteiger partial charge in [-0.25, -0.2) is 0 Å². The van der Waals surface area contributed by atoms with Crippen molar-refractivity contribution in [3.05, 3.63) is 57.0 Å². The Hall–Kier alpha value is -1.23. The molecule has 0 spiro atoms. The highest BCUT2D eigenvalue weighted by molar-refractivity contribution is 9.10. The third kappa shape index (κ3) is 3.70. The van der Waals surface area contributed by atoms with E-state index < -0.39 is 0 Å². The SMILES string of the molecule is CNC(c1cc(OC)cc(OC)c1)c1ccc(Cl)c(Br)c1. The lowest BCUT2D eigenvalue weighted by molar-refractivity contribution is 0.392. The topological polar surface area (TPSA) is 30.5 Å². The summed E-state index contributed by atoms with van der Waals surface area (Å²) in [6.07, 6.45) is 0. The third-order valence-electron chi connectivity index (χ3n) is 3.27. The molecule has 5 heteroatoms. The molecule has 0 bridgehead atoms. The standard InChI is InChI=1S/C16H17BrClNO2/c1-19-16(10-4-5-15(18)14(17)8-10)11-6-12(20-2)9-13(7-11)21-3/h4-9,16,19H,1-3H3. The molecule has 0 aliphatic carbocycles. The number of ether oxygens (including phenoxy) is 2. The Morgan fingerprint density at radius 3 is 2.10 bits per heavy atom. The summed E-state index contributed by atoms with van der Waals surface area (Å²) < 4.78 is 11.5. The highest BCUT2D eigenvalue weighted by Gasteiger charge is 2.15. The second-order valence-corrected chi connectivity index (χ2v) is 5.80. The van der Waals surface area contributed by atoms with E-state index in [-0.39, 0.29) is 6.04 Å². The van der Waals surface area contributed by atoms with E-state index in [0.29, 0.717) is 5.02 Å². The van der Waals surface area contributed by atoms with Gasteiger partial charge in [-0.2, -0.15) is 0 Å². The molecular formula is C16H17BrClNO2. The Morgan fingerprint density at radius 2 is 1.62 bits per heavy atom. The fourth-order valence-corrected chi connectivity index (χ4v) is 2.73. The van der Waals surface area contributed by atoms with Crippen molar-refractivity contribution in [2.24, 2.45) is 0 Å². The molecule has 0 heterocycles. The molecule has 0 aliphatic rings. The van der Waals surface area contributed by atoms with Gasteiger partial charge >= 0.3 is 0 Å². The van der Waals surface area contributed by atoms with E-state index in [0.717, 1.165) is 27.1 Å². The van der Waals surface area contributed by atoms with E-state index >= 15 is 0 Å². The molecule has 3 nitrogen and oxygen atoms in total. The number of halogens is 2. The minimum Gasteiger partial charge on any atom is -0.497 e. The van der Waals surface area contributed by atoms with Crippen molar-refractivity contribution in [2.45, 2.75) is 6.04 Å². The lowest BCUT2D eigenvalue weighted by Crippen LogP contribution is -2.17. The molecule has 0 aromatic heterocycles. The van der Waals surface area contributed by atoms with Crippen molar-refractivity contribution < 1.29 is 9.47 Å². The molecule has 0 saturated heterocycles. The molecule has 0 aliphatic heterocycles.